The third kappa shape index (κ3) is 6.39. The fraction of sp³-hybridized carbons (Fsp3) is 0.933. The second kappa shape index (κ2) is 8.54. The van der Waals surface area contributed by atoms with E-state index in [4.69, 9.17) is 10.5 Å². The van der Waals surface area contributed by atoms with Crippen LogP contribution in [-0.4, -0.2) is 30.7 Å². The highest BCUT2D eigenvalue weighted by molar-refractivity contribution is 5.80. The first-order chi connectivity index (χ1) is 9.07. The number of carbonyl (C=O) groups excluding carboxylic acids is 1. The summed E-state index contributed by atoms with van der Waals surface area (Å²) in [5.74, 6) is -0.0180. The molecule has 1 unspecified atom stereocenters. The fourth-order valence-corrected chi connectivity index (χ4v) is 2.50. The molecule has 0 heterocycles. The zero-order valence-electron chi connectivity index (χ0n) is 12.5. The molecule has 4 heteroatoms. The van der Waals surface area contributed by atoms with Crippen molar-refractivity contribution in [2.75, 3.05) is 13.2 Å². The lowest BCUT2D eigenvalue weighted by Gasteiger charge is -2.33. The van der Waals surface area contributed by atoms with Crippen LogP contribution >= 0.6 is 0 Å². The number of nitrogens with two attached hydrogens (primary N) is 1. The third-order valence-corrected chi connectivity index (χ3v) is 3.92. The van der Waals surface area contributed by atoms with Crippen molar-refractivity contribution in [3.05, 3.63) is 0 Å². The topological polar surface area (TPSA) is 64.3 Å². The summed E-state index contributed by atoms with van der Waals surface area (Å²) in [4.78, 5) is 11.8. The summed E-state index contributed by atoms with van der Waals surface area (Å²) in [5, 5.41) is 2.91. The van der Waals surface area contributed by atoms with Gasteiger partial charge in [0.15, 0.2) is 0 Å². The molecule has 19 heavy (non-hydrogen) atoms. The van der Waals surface area contributed by atoms with Crippen LogP contribution in [-0.2, 0) is 9.53 Å². The van der Waals surface area contributed by atoms with E-state index in [-0.39, 0.29) is 11.4 Å². The van der Waals surface area contributed by atoms with Crippen molar-refractivity contribution in [3.8, 4) is 0 Å². The van der Waals surface area contributed by atoms with Crippen molar-refractivity contribution in [3.63, 3.8) is 0 Å². The Morgan fingerprint density at radius 1 is 1.32 bits per heavy atom. The van der Waals surface area contributed by atoms with Gasteiger partial charge in [0.2, 0.25) is 5.91 Å². The summed E-state index contributed by atoms with van der Waals surface area (Å²) in [6.07, 6.45) is 8.61. The van der Waals surface area contributed by atoms with E-state index in [0.717, 1.165) is 38.6 Å². The van der Waals surface area contributed by atoms with Crippen LogP contribution in [0.3, 0.4) is 0 Å². The van der Waals surface area contributed by atoms with E-state index in [0.29, 0.717) is 6.61 Å². The molecular weight excluding hydrogens is 240 g/mol. The van der Waals surface area contributed by atoms with Gasteiger partial charge in [-0.1, -0.05) is 39.0 Å². The Balaban J connectivity index is 2.18. The number of carbonyl (C=O) groups is 1. The van der Waals surface area contributed by atoms with Crippen LogP contribution in [0.15, 0.2) is 0 Å². The molecular formula is C15H30N2O2. The summed E-state index contributed by atoms with van der Waals surface area (Å²) >= 11 is 0. The predicted molar refractivity (Wildman–Crippen MR) is 78.0 cm³/mol. The number of hydrogen-bond donors (Lipinski definition) is 2. The highest BCUT2D eigenvalue weighted by Gasteiger charge is 2.29. The molecule has 1 aliphatic rings. The molecule has 0 spiro atoms. The lowest BCUT2D eigenvalue weighted by atomic mass is 9.83. The van der Waals surface area contributed by atoms with Gasteiger partial charge in [-0.3, -0.25) is 4.79 Å². The van der Waals surface area contributed by atoms with Gasteiger partial charge in [-0.25, -0.2) is 0 Å². The number of hydrogen-bond acceptors (Lipinski definition) is 3. The van der Waals surface area contributed by atoms with E-state index in [2.05, 4.69) is 12.2 Å². The van der Waals surface area contributed by atoms with Crippen LogP contribution in [0.2, 0.25) is 0 Å². The van der Waals surface area contributed by atoms with Crippen LogP contribution in [0, 0.1) is 0 Å². The minimum absolute atomic E-state index is 0.0180. The summed E-state index contributed by atoms with van der Waals surface area (Å²) in [5.41, 5.74) is 6.08. The van der Waals surface area contributed by atoms with Gasteiger partial charge in [0.25, 0.3) is 0 Å². The van der Waals surface area contributed by atoms with Gasteiger partial charge < -0.3 is 15.8 Å². The molecule has 0 aromatic rings. The smallest absolute Gasteiger partial charge is 0.248 e. The first kappa shape index (κ1) is 16.4. The third-order valence-electron chi connectivity index (χ3n) is 3.92. The van der Waals surface area contributed by atoms with Gasteiger partial charge in [-0.05, 0) is 26.2 Å². The standard InChI is InChI=1S/C15H30N2O2/c1-3-4-8-11-17-14(18)13(2)19-12-15(16)9-6-5-7-10-15/h13H,3-12,16H2,1-2H3,(H,17,18). The van der Waals surface area contributed by atoms with E-state index in [1.54, 1.807) is 6.92 Å². The highest BCUT2D eigenvalue weighted by Crippen LogP contribution is 2.26. The Morgan fingerprint density at radius 3 is 2.63 bits per heavy atom. The highest BCUT2D eigenvalue weighted by atomic mass is 16.5. The largest absolute Gasteiger partial charge is 0.367 e. The van der Waals surface area contributed by atoms with Crippen molar-refractivity contribution in [1.82, 2.24) is 5.32 Å². The molecule has 1 saturated carbocycles. The molecule has 0 aromatic heterocycles. The molecule has 1 aliphatic carbocycles. The number of amides is 1. The molecule has 0 aliphatic heterocycles. The maximum atomic E-state index is 11.8. The second-order valence-corrected chi connectivity index (χ2v) is 5.87. The van der Waals surface area contributed by atoms with Crippen LogP contribution in [0.5, 0.6) is 0 Å². The Hall–Kier alpha value is -0.610. The molecule has 3 N–H and O–H groups in total. The zero-order chi connectivity index (χ0) is 14.1. The molecule has 0 bridgehead atoms. The van der Waals surface area contributed by atoms with Crippen LogP contribution < -0.4 is 11.1 Å². The molecule has 1 rings (SSSR count). The summed E-state index contributed by atoms with van der Waals surface area (Å²) in [7, 11) is 0. The maximum absolute atomic E-state index is 11.8. The maximum Gasteiger partial charge on any atom is 0.248 e. The Morgan fingerprint density at radius 2 is 2.00 bits per heavy atom. The van der Waals surface area contributed by atoms with Crippen molar-refractivity contribution in [2.45, 2.75) is 76.9 Å². The van der Waals surface area contributed by atoms with Gasteiger partial charge in [0.05, 0.1) is 6.61 Å². The minimum atomic E-state index is -0.399. The van der Waals surface area contributed by atoms with Crippen LogP contribution in [0.1, 0.15) is 65.2 Å². The van der Waals surface area contributed by atoms with Crippen LogP contribution in [0.4, 0.5) is 0 Å². The van der Waals surface area contributed by atoms with Gasteiger partial charge in [-0.15, -0.1) is 0 Å². The predicted octanol–water partition coefficient (Wildman–Crippen LogP) is 2.36. The molecule has 1 fully saturated rings. The molecule has 0 aromatic carbocycles. The van der Waals surface area contributed by atoms with Crippen LogP contribution in [0.25, 0.3) is 0 Å². The van der Waals surface area contributed by atoms with E-state index in [1.165, 1.54) is 19.3 Å². The first-order valence-electron chi connectivity index (χ1n) is 7.75. The van der Waals surface area contributed by atoms with Gasteiger partial charge in [-0.2, -0.15) is 0 Å². The van der Waals surface area contributed by atoms with E-state index in [1.807, 2.05) is 0 Å². The lowest BCUT2D eigenvalue weighted by molar-refractivity contribution is -0.133. The number of ether oxygens (including phenoxy) is 1. The first-order valence-corrected chi connectivity index (χ1v) is 7.75. The zero-order valence-corrected chi connectivity index (χ0v) is 12.5. The quantitative estimate of drug-likeness (QED) is 0.665. The van der Waals surface area contributed by atoms with Gasteiger partial charge >= 0.3 is 0 Å². The van der Waals surface area contributed by atoms with E-state index >= 15 is 0 Å². The van der Waals surface area contributed by atoms with Crippen molar-refractivity contribution >= 4 is 5.91 Å². The molecule has 0 radical (unpaired) electrons. The number of rotatable bonds is 8. The Bertz CT molecular complexity index is 263. The molecule has 112 valence electrons. The Kier molecular flexibility index (Phi) is 7.39. The monoisotopic (exact) mass is 270 g/mol. The SMILES string of the molecule is CCCCCNC(=O)C(C)OCC1(N)CCCCC1. The average Bonchev–Trinajstić information content (AvgIpc) is 2.41. The summed E-state index contributed by atoms with van der Waals surface area (Å²) in [6.45, 7) is 5.20. The Labute approximate surface area is 117 Å². The molecule has 0 saturated heterocycles. The van der Waals surface area contributed by atoms with Gasteiger partial charge in [0, 0.05) is 12.1 Å². The molecule has 1 atom stereocenters. The summed E-state index contributed by atoms with van der Waals surface area (Å²) < 4.78 is 5.67. The lowest BCUT2D eigenvalue weighted by Crippen LogP contribution is -2.48. The molecule has 4 nitrogen and oxygen atoms in total. The minimum Gasteiger partial charge on any atom is -0.367 e. The second-order valence-electron chi connectivity index (χ2n) is 5.87. The van der Waals surface area contributed by atoms with E-state index < -0.39 is 6.10 Å². The van der Waals surface area contributed by atoms with Crippen molar-refractivity contribution < 1.29 is 9.53 Å². The average molecular weight is 270 g/mol. The molecule has 1 amide bonds. The van der Waals surface area contributed by atoms with Gasteiger partial charge in [0.1, 0.15) is 6.10 Å². The summed E-state index contributed by atoms with van der Waals surface area (Å²) in [6, 6.07) is 0. The van der Waals surface area contributed by atoms with Crippen molar-refractivity contribution in [1.29, 1.82) is 0 Å². The fourth-order valence-electron chi connectivity index (χ4n) is 2.50. The van der Waals surface area contributed by atoms with E-state index in [9.17, 15) is 4.79 Å². The number of nitrogens with one attached hydrogen (secondary N) is 1. The number of unbranched alkanes of at least 4 members (excludes halogenated alkanes) is 2. The normalized spacial score (nSPS) is 19.9. The van der Waals surface area contributed by atoms with Crippen molar-refractivity contribution in [2.24, 2.45) is 5.73 Å².